The standard InChI is InChI=1S/C11H18N4O.2ClH/c1-8-4-11(12)14-5-10(8)15-3-2-13-9(6-15)7-16;;/h4-5,9,13,16H,2-3,6-7H2,1H3,(H2,12,14);2*1H/t9-;;/m1../s1. The minimum atomic E-state index is 0. The molecule has 1 atom stereocenters. The summed E-state index contributed by atoms with van der Waals surface area (Å²) in [5, 5.41) is 12.4. The summed E-state index contributed by atoms with van der Waals surface area (Å²) in [4.78, 5) is 6.35. The summed E-state index contributed by atoms with van der Waals surface area (Å²) in [6, 6.07) is 2.02. The second-order valence-corrected chi connectivity index (χ2v) is 4.18. The summed E-state index contributed by atoms with van der Waals surface area (Å²) in [6.45, 7) is 4.82. The van der Waals surface area contributed by atoms with Crippen molar-refractivity contribution >= 4 is 36.3 Å². The molecule has 18 heavy (non-hydrogen) atoms. The Balaban J connectivity index is 0.00000144. The molecule has 5 nitrogen and oxygen atoms in total. The molecule has 1 fully saturated rings. The molecule has 0 unspecified atom stereocenters. The van der Waals surface area contributed by atoms with E-state index in [1.807, 2.05) is 19.2 Å². The van der Waals surface area contributed by atoms with Gasteiger partial charge in [-0.15, -0.1) is 24.8 Å². The number of aryl methyl sites for hydroxylation is 1. The maximum atomic E-state index is 9.14. The van der Waals surface area contributed by atoms with E-state index in [4.69, 9.17) is 10.8 Å². The number of aromatic nitrogens is 1. The molecule has 2 heterocycles. The number of hydrogen-bond acceptors (Lipinski definition) is 5. The number of rotatable bonds is 2. The topological polar surface area (TPSA) is 74.4 Å². The van der Waals surface area contributed by atoms with Gasteiger partial charge in [-0.3, -0.25) is 0 Å². The van der Waals surface area contributed by atoms with Crippen molar-refractivity contribution in [1.29, 1.82) is 0 Å². The van der Waals surface area contributed by atoms with Crippen LogP contribution in [0.5, 0.6) is 0 Å². The molecule has 1 aromatic heterocycles. The fraction of sp³-hybridized carbons (Fsp3) is 0.545. The van der Waals surface area contributed by atoms with Gasteiger partial charge in [0, 0.05) is 25.7 Å². The quantitative estimate of drug-likeness (QED) is 0.744. The van der Waals surface area contributed by atoms with Gasteiger partial charge in [0.2, 0.25) is 0 Å². The number of aliphatic hydroxyl groups excluding tert-OH is 1. The Labute approximate surface area is 120 Å². The van der Waals surface area contributed by atoms with Gasteiger partial charge >= 0.3 is 0 Å². The molecule has 0 bridgehead atoms. The molecular formula is C11H20Cl2N4O. The van der Waals surface area contributed by atoms with Gasteiger partial charge in [-0.25, -0.2) is 4.98 Å². The molecule has 1 aliphatic rings. The Morgan fingerprint density at radius 3 is 2.89 bits per heavy atom. The van der Waals surface area contributed by atoms with Crippen LogP contribution < -0.4 is 16.0 Å². The summed E-state index contributed by atoms with van der Waals surface area (Å²) in [7, 11) is 0. The molecule has 0 radical (unpaired) electrons. The molecule has 2 rings (SSSR count). The summed E-state index contributed by atoms with van der Waals surface area (Å²) in [6.07, 6.45) is 1.81. The number of nitrogens with one attached hydrogen (secondary N) is 1. The van der Waals surface area contributed by atoms with Crippen LogP contribution in [-0.4, -0.2) is 42.4 Å². The first-order valence-electron chi connectivity index (χ1n) is 5.52. The summed E-state index contributed by atoms with van der Waals surface area (Å²) >= 11 is 0. The van der Waals surface area contributed by atoms with E-state index >= 15 is 0 Å². The second kappa shape index (κ2) is 7.63. The first-order chi connectivity index (χ1) is 7.70. The summed E-state index contributed by atoms with van der Waals surface area (Å²) < 4.78 is 0. The SMILES string of the molecule is Cc1cc(N)ncc1N1CCN[C@@H](CO)C1.Cl.Cl. The Hall–Kier alpha value is -0.750. The Bertz CT molecular complexity index is 378. The van der Waals surface area contributed by atoms with Crippen LogP contribution in [-0.2, 0) is 0 Å². The highest BCUT2D eigenvalue weighted by Crippen LogP contribution is 2.21. The van der Waals surface area contributed by atoms with Crippen molar-refractivity contribution in [2.24, 2.45) is 0 Å². The van der Waals surface area contributed by atoms with E-state index in [2.05, 4.69) is 15.2 Å². The zero-order chi connectivity index (χ0) is 11.5. The molecule has 0 spiro atoms. The average Bonchev–Trinajstić information content (AvgIpc) is 2.29. The molecule has 104 valence electrons. The summed E-state index contributed by atoms with van der Waals surface area (Å²) in [5.74, 6) is 0.551. The number of pyridine rings is 1. The molecule has 1 saturated heterocycles. The van der Waals surface area contributed by atoms with Gasteiger partial charge in [0.05, 0.1) is 18.5 Å². The van der Waals surface area contributed by atoms with Crippen LogP contribution in [0.1, 0.15) is 5.56 Å². The van der Waals surface area contributed by atoms with Gasteiger partial charge in [-0.05, 0) is 18.6 Å². The molecule has 1 aromatic rings. The number of hydrogen-bond donors (Lipinski definition) is 3. The average molecular weight is 295 g/mol. The van der Waals surface area contributed by atoms with Gasteiger partial charge in [-0.1, -0.05) is 0 Å². The third-order valence-corrected chi connectivity index (χ3v) is 2.92. The first kappa shape index (κ1) is 17.2. The first-order valence-corrected chi connectivity index (χ1v) is 5.52. The fourth-order valence-electron chi connectivity index (χ4n) is 2.07. The van der Waals surface area contributed by atoms with Crippen LogP contribution in [0.2, 0.25) is 0 Å². The number of piperazine rings is 1. The molecule has 0 aromatic carbocycles. The highest BCUT2D eigenvalue weighted by atomic mass is 35.5. The van der Waals surface area contributed by atoms with Gasteiger partial charge in [-0.2, -0.15) is 0 Å². The van der Waals surface area contributed by atoms with Crippen molar-refractivity contribution in [3.63, 3.8) is 0 Å². The summed E-state index contributed by atoms with van der Waals surface area (Å²) in [5.41, 5.74) is 7.86. The van der Waals surface area contributed by atoms with E-state index in [0.717, 1.165) is 30.9 Å². The van der Waals surface area contributed by atoms with Crippen LogP contribution >= 0.6 is 24.8 Å². The Morgan fingerprint density at radius 2 is 2.28 bits per heavy atom. The third kappa shape index (κ3) is 3.88. The predicted octanol–water partition coefficient (Wildman–Crippen LogP) is 0.586. The van der Waals surface area contributed by atoms with Crippen molar-refractivity contribution < 1.29 is 5.11 Å². The Kier molecular flexibility index (Phi) is 7.32. The van der Waals surface area contributed by atoms with Crippen LogP contribution in [0.4, 0.5) is 11.5 Å². The van der Waals surface area contributed by atoms with Crippen LogP contribution in [0, 0.1) is 6.92 Å². The van der Waals surface area contributed by atoms with Crippen molar-refractivity contribution in [1.82, 2.24) is 10.3 Å². The number of nitrogens with zero attached hydrogens (tertiary/aromatic N) is 2. The fourth-order valence-corrected chi connectivity index (χ4v) is 2.07. The van der Waals surface area contributed by atoms with Crippen molar-refractivity contribution in [2.75, 3.05) is 36.9 Å². The van der Waals surface area contributed by atoms with E-state index in [1.54, 1.807) is 0 Å². The normalized spacial score (nSPS) is 18.8. The lowest BCUT2D eigenvalue weighted by Gasteiger charge is -2.35. The smallest absolute Gasteiger partial charge is 0.123 e. The Morgan fingerprint density at radius 1 is 1.56 bits per heavy atom. The van der Waals surface area contributed by atoms with Crippen LogP contribution in [0.15, 0.2) is 12.3 Å². The van der Waals surface area contributed by atoms with Crippen molar-refractivity contribution in [3.05, 3.63) is 17.8 Å². The van der Waals surface area contributed by atoms with Crippen LogP contribution in [0.25, 0.3) is 0 Å². The third-order valence-electron chi connectivity index (χ3n) is 2.92. The molecule has 0 amide bonds. The van der Waals surface area contributed by atoms with E-state index < -0.39 is 0 Å². The highest BCUT2D eigenvalue weighted by Gasteiger charge is 2.19. The molecule has 7 heteroatoms. The van der Waals surface area contributed by atoms with Gasteiger partial charge < -0.3 is 21.1 Å². The van der Waals surface area contributed by atoms with E-state index in [1.165, 1.54) is 0 Å². The second-order valence-electron chi connectivity index (χ2n) is 4.18. The monoisotopic (exact) mass is 294 g/mol. The number of halogens is 2. The number of aliphatic hydroxyl groups is 1. The zero-order valence-corrected chi connectivity index (χ0v) is 11.9. The lowest BCUT2D eigenvalue weighted by molar-refractivity contribution is 0.235. The largest absolute Gasteiger partial charge is 0.395 e. The lowest BCUT2D eigenvalue weighted by Crippen LogP contribution is -2.52. The number of nitrogens with two attached hydrogens (primary N) is 1. The van der Waals surface area contributed by atoms with Crippen molar-refractivity contribution in [3.8, 4) is 0 Å². The minimum Gasteiger partial charge on any atom is -0.395 e. The number of nitrogen functional groups attached to an aromatic ring is 1. The predicted molar refractivity (Wildman–Crippen MR) is 79.0 cm³/mol. The molecule has 1 aliphatic heterocycles. The molecule has 0 aliphatic carbocycles. The highest BCUT2D eigenvalue weighted by molar-refractivity contribution is 5.85. The van der Waals surface area contributed by atoms with Gasteiger partial charge in [0.1, 0.15) is 5.82 Å². The van der Waals surface area contributed by atoms with E-state index in [9.17, 15) is 0 Å². The van der Waals surface area contributed by atoms with Crippen LogP contribution in [0.3, 0.4) is 0 Å². The van der Waals surface area contributed by atoms with Gasteiger partial charge in [0.25, 0.3) is 0 Å². The van der Waals surface area contributed by atoms with Crippen molar-refractivity contribution in [2.45, 2.75) is 13.0 Å². The van der Waals surface area contributed by atoms with E-state index in [0.29, 0.717) is 5.82 Å². The number of anilines is 2. The minimum absolute atomic E-state index is 0. The molecule has 4 N–H and O–H groups in total. The van der Waals surface area contributed by atoms with Gasteiger partial charge in [0.15, 0.2) is 0 Å². The zero-order valence-electron chi connectivity index (χ0n) is 10.3. The molecular weight excluding hydrogens is 275 g/mol. The lowest BCUT2D eigenvalue weighted by atomic mass is 10.1. The maximum absolute atomic E-state index is 9.14. The van der Waals surface area contributed by atoms with E-state index in [-0.39, 0.29) is 37.5 Å². The maximum Gasteiger partial charge on any atom is 0.123 e. The molecule has 0 saturated carbocycles.